The number of H-pyrrole nitrogens is 1. The van der Waals surface area contributed by atoms with Gasteiger partial charge in [-0.2, -0.15) is 0 Å². The smallest absolute Gasteiger partial charge is 0.319 e. The third-order valence-corrected chi connectivity index (χ3v) is 4.19. The highest BCUT2D eigenvalue weighted by atomic mass is 16.2. The van der Waals surface area contributed by atoms with Crippen molar-refractivity contribution >= 4 is 22.6 Å². The Labute approximate surface area is 142 Å². The number of carbonyl (C=O) groups excluding carboxylic acids is 1. The lowest BCUT2D eigenvalue weighted by Gasteiger charge is -2.14. The number of hydrogen-bond acceptors (Lipinski definition) is 1. The first-order valence-electron chi connectivity index (χ1n) is 8.34. The minimum Gasteiger partial charge on any atom is -0.361 e. The molecule has 4 heteroatoms. The van der Waals surface area contributed by atoms with Crippen molar-refractivity contribution in [2.24, 2.45) is 0 Å². The van der Waals surface area contributed by atoms with Gasteiger partial charge in [0.2, 0.25) is 0 Å². The summed E-state index contributed by atoms with van der Waals surface area (Å²) in [5, 5.41) is 7.10. The molecular weight excluding hydrogens is 298 g/mol. The molecule has 0 fully saturated rings. The van der Waals surface area contributed by atoms with E-state index < -0.39 is 0 Å². The number of fused-ring (bicyclic) bond motifs is 1. The maximum absolute atomic E-state index is 12.1. The number of anilines is 1. The van der Waals surface area contributed by atoms with Crippen molar-refractivity contribution in [3.8, 4) is 0 Å². The summed E-state index contributed by atoms with van der Waals surface area (Å²) in [6.07, 6.45) is 2.81. The summed E-state index contributed by atoms with van der Waals surface area (Å²) in [7, 11) is 0. The molecular formula is C20H23N3O. The number of hydrogen-bond donors (Lipinski definition) is 3. The fraction of sp³-hybridized carbons (Fsp3) is 0.250. The second kappa shape index (κ2) is 7.21. The lowest BCUT2D eigenvalue weighted by atomic mass is 10.0. The van der Waals surface area contributed by atoms with Gasteiger partial charge in [-0.1, -0.05) is 50.2 Å². The van der Waals surface area contributed by atoms with Crippen molar-refractivity contribution in [1.82, 2.24) is 10.3 Å². The van der Waals surface area contributed by atoms with Crippen LogP contribution in [-0.2, 0) is 6.42 Å². The van der Waals surface area contributed by atoms with Gasteiger partial charge in [-0.15, -0.1) is 0 Å². The number of para-hydroxylation sites is 2. The molecule has 0 saturated heterocycles. The molecule has 0 saturated carbocycles. The second-order valence-corrected chi connectivity index (χ2v) is 6.23. The summed E-state index contributed by atoms with van der Waals surface area (Å²) in [5.74, 6) is 0.368. The zero-order chi connectivity index (χ0) is 16.9. The molecule has 0 bridgehead atoms. The predicted octanol–water partition coefficient (Wildman–Crippen LogP) is 4.66. The van der Waals surface area contributed by atoms with Crippen molar-refractivity contribution in [1.29, 1.82) is 0 Å². The first-order valence-corrected chi connectivity index (χ1v) is 8.34. The van der Waals surface area contributed by atoms with E-state index in [-0.39, 0.29) is 6.03 Å². The first kappa shape index (κ1) is 16.1. The number of amides is 2. The van der Waals surface area contributed by atoms with Crippen molar-refractivity contribution < 1.29 is 4.79 Å². The van der Waals surface area contributed by atoms with E-state index in [0.29, 0.717) is 12.5 Å². The van der Waals surface area contributed by atoms with Gasteiger partial charge in [0, 0.05) is 29.3 Å². The number of aromatic nitrogens is 1. The Bertz CT molecular complexity index is 836. The van der Waals surface area contributed by atoms with E-state index in [4.69, 9.17) is 0 Å². The van der Waals surface area contributed by atoms with Crippen molar-refractivity contribution in [3.05, 3.63) is 65.9 Å². The minimum absolute atomic E-state index is 0.164. The molecule has 1 aromatic heterocycles. The van der Waals surface area contributed by atoms with Crippen LogP contribution in [0.4, 0.5) is 10.5 Å². The maximum Gasteiger partial charge on any atom is 0.319 e. The number of nitrogens with one attached hydrogen (secondary N) is 3. The van der Waals surface area contributed by atoms with Gasteiger partial charge in [0.25, 0.3) is 0 Å². The molecule has 1 heterocycles. The van der Waals surface area contributed by atoms with Crippen molar-refractivity contribution in [2.45, 2.75) is 26.2 Å². The number of carbonyl (C=O) groups is 1. The summed E-state index contributed by atoms with van der Waals surface area (Å²) >= 11 is 0. The molecule has 2 amide bonds. The van der Waals surface area contributed by atoms with E-state index in [1.54, 1.807) is 0 Å². The average Bonchev–Trinajstić information content (AvgIpc) is 2.98. The molecule has 4 nitrogen and oxygen atoms in total. The molecule has 2 aromatic carbocycles. The molecule has 0 aliphatic carbocycles. The Kier molecular flexibility index (Phi) is 4.85. The van der Waals surface area contributed by atoms with Crippen LogP contribution in [0.1, 0.15) is 30.9 Å². The molecule has 124 valence electrons. The average molecular weight is 321 g/mol. The van der Waals surface area contributed by atoms with Crippen LogP contribution in [0.3, 0.4) is 0 Å². The minimum atomic E-state index is -0.164. The number of rotatable bonds is 5. The second-order valence-electron chi connectivity index (χ2n) is 6.23. The molecule has 0 atom stereocenters. The van der Waals surface area contributed by atoms with Crippen LogP contribution in [0.15, 0.2) is 54.7 Å². The monoisotopic (exact) mass is 321 g/mol. The van der Waals surface area contributed by atoms with Gasteiger partial charge in [0.15, 0.2) is 0 Å². The Morgan fingerprint density at radius 1 is 1.08 bits per heavy atom. The standard InChI is InChI=1S/C20H23N3O/c1-14(2)16-7-3-6-10-19(16)23-20(24)21-12-11-15-13-22-18-9-5-4-8-17(15)18/h3-10,13-14,22H,11-12H2,1-2H3,(H2,21,23,24). The zero-order valence-electron chi connectivity index (χ0n) is 14.1. The topological polar surface area (TPSA) is 56.9 Å². The molecule has 0 aliphatic rings. The predicted molar refractivity (Wildman–Crippen MR) is 99.6 cm³/mol. The van der Waals surface area contributed by atoms with E-state index >= 15 is 0 Å². The Balaban J connectivity index is 1.57. The molecule has 0 unspecified atom stereocenters. The number of aromatic amines is 1. The quantitative estimate of drug-likeness (QED) is 0.629. The Hall–Kier alpha value is -2.75. The molecule has 0 aliphatic heterocycles. The first-order chi connectivity index (χ1) is 11.6. The number of benzene rings is 2. The Morgan fingerprint density at radius 3 is 2.67 bits per heavy atom. The largest absolute Gasteiger partial charge is 0.361 e. The summed E-state index contributed by atoms with van der Waals surface area (Å²) in [6.45, 7) is 4.84. The number of urea groups is 1. The van der Waals surface area contributed by atoms with Gasteiger partial charge in [0.1, 0.15) is 0 Å². The van der Waals surface area contributed by atoms with E-state index in [0.717, 1.165) is 23.2 Å². The third-order valence-electron chi connectivity index (χ3n) is 4.19. The van der Waals surface area contributed by atoms with Crippen LogP contribution in [-0.4, -0.2) is 17.6 Å². The van der Waals surface area contributed by atoms with E-state index in [2.05, 4.69) is 41.6 Å². The van der Waals surface area contributed by atoms with E-state index in [1.807, 2.05) is 42.6 Å². The summed E-state index contributed by atoms with van der Waals surface area (Å²) < 4.78 is 0. The van der Waals surface area contributed by atoms with Crippen LogP contribution in [0.5, 0.6) is 0 Å². The fourth-order valence-electron chi connectivity index (χ4n) is 2.93. The van der Waals surface area contributed by atoms with Crippen LogP contribution in [0.2, 0.25) is 0 Å². The van der Waals surface area contributed by atoms with Gasteiger partial charge in [-0.3, -0.25) is 0 Å². The van der Waals surface area contributed by atoms with Crippen LogP contribution in [0, 0.1) is 0 Å². The normalized spacial score (nSPS) is 11.0. The highest BCUT2D eigenvalue weighted by Crippen LogP contribution is 2.23. The third kappa shape index (κ3) is 3.59. The molecule has 0 spiro atoms. The van der Waals surface area contributed by atoms with E-state index in [1.165, 1.54) is 10.9 Å². The summed E-state index contributed by atoms with van der Waals surface area (Å²) in [6, 6.07) is 16.0. The van der Waals surface area contributed by atoms with Crippen LogP contribution >= 0.6 is 0 Å². The molecule has 3 aromatic rings. The highest BCUT2D eigenvalue weighted by molar-refractivity contribution is 5.90. The van der Waals surface area contributed by atoms with Gasteiger partial charge in [0.05, 0.1) is 0 Å². The molecule has 0 radical (unpaired) electrons. The van der Waals surface area contributed by atoms with Gasteiger partial charge >= 0.3 is 6.03 Å². The summed E-state index contributed by atoms with van der Waals surface area (Å²) in [4.78, 5) is 15.4. The lowest BCUT2D eigenvalue weighted by Crippen LogP contribution is -2.30. The molecule has 3 N–H and O–H groups in total. The van der Waals surface area contributed by atoms with Crippen molar-refractivity contribution in [2.75, 3.05) is 11.9 Å². The van der Waals surface area contributed by atoms with Crippen LogP contribution < -0.4 is 10.6 Å². The van der Waals surface area contributed by atoms with Gasteiger partial charge < -0.3 is 15.6 Å². The van der Waals surface area contributed by atoms with Crippen molar-refractivity contribution in [3.63, 3.8) is 0 Å². The molecule has 24 heavy (non-hydrogen) atoms. The zero-order valence-corrected chi connectivity index (χ0v) is 14.1. The maximum atomic E-state index is 12.1. The lowest BCUT2D eigenvalue weighted by molar-refractivity contribution is 0.252. The van der Waals surface area contributed by atoms with Gasteiger partial charge in [-0.25, -0.2) is 4.79 Å². The Morgan fingerprint density at radius 2 is 1.83 bits per heavy atom. The fourth-order valence-corrected chi connectivity index (χ4v) is 2.93. The molecule has 3 rings (SSSR count). The highest BCUT2D eigenvalue weighted by Gasteiger charge is 2.09. The summed E-state index contributed by atoms with van der Waals surface area (Å²) in [5.41, 5.74) is 4.36. The van der Waals surface area contributed by atoms with E-state index in [9.17, 15) is 4.79 Å². The SMILES string of the molecule is CC(C)c1ccccc1NC(=O)NCCc1c[nH]c2ccccc12. The van der Waals surface area contributed by atoms with Crippen LogP contribution in [0.25, 0.3) is 10.9 Å². The van der Waals surface area contributed by atoms with Gasteiger partial charge in [-0.05, 0) is 35.6 Å².